The van der Waals surface area contributed by atoms with Crippen LogP contribution < -0.4 is 9.64 Å². The molecule has 1 saturated heterocycles. The number of nitrogens with one attached hydrogen (secondary N) is 1. The number of anilines is 1. The van der Waals surface area contributed by atoms with Gasteiger partial charge in [-0.2, -0.15) is 0 Å². The first-order valence-corrected chi connectivity index (χ1v) is 22.4. The Bertz CT molecular complexity index is 2230. The molecule has 9 atom stereocenters. The third-order valence-corrected chi connectivity index (χ3v) is 15.6. The maximum atomic E-state index is 15.4. The van der Waals surface area contributed by atoms with Crippen LogP contribution in [0.15, 0.2) is 60.2 Å². The molecule has 11 nitrogen and oxygen atoms in total. The molecule has 11 heteroatoms. The van der Waals surface area contributed by atoms with Gasteiger partial charge >= 0.3 is 11.9 Å². The lowest BCUT2D eigenvalue weighted by atomic mass is 9.47. The van der Waals surface area contributed by atoms with Gasteiger partial charge in [-0.3, -0.25) is 19.4 Å². The number of hydrogen-bond acceptors (Lipinski definition) is 10. The number of ether oxygens (including phenoxy) is 4. The molecule has 0 radical (unpaired) electrons. The summed E-state index contributed by atoms with van der Waals surface area (Å²) in [6, 6.07) is 12.1. The summed E-state index contributed by atoms with van der Waals surface area (Å²) in [6.07, 6.45) is 11.4. The summed E-state index contributed by atoms with van der Waals surface area (Å²) >= 11 is 0. The maximum absolute atomic E-state index is 15.4. The van der Waals surface area contributed by atoms with Crippen molar-refractivity contribution >= 4 is 28.5 Å². The lowest BCUT2D eigenvalue weighted by Gasteiger charge is -2.64. The number of hydrogen-bond donors (Lipinski definition) is 2. The van der Waals surface area contributed by atoms with Crippen LogP contribution in [0.2, 0.25) is 0 Å². The van der Waals surface area contributed by atoms with Crippen molar-refractivity contribution in [2.75, 3.05) is 72.1 Å². The predicted molar refractivity (Wildman–Crippen MR) is 233 cm³/mol. The minimum absolute atomic E-state index is 0.0107. The van der Waals surface area contributed by atoms with Crippen LogP contribution in [0.3, 0.4) is 0 Å². The molecular weight excluding hydrogens is 757 g/mol. The topological polar surface area (TPSA) is 117 Å². The Kier molecular flexibility index (Phi) is 10.5. The Morgan fingerprint density at radius 3 is 2.60 bits per heavy atom. The monoisotopic (exact) mass is 820 g/mol. The van der Waals surface area contributed by atoms with Crippen LogP contribution in [0, 0.1) is 11.3 Å². The van der Waals surface area contributed by atoms with Gasteiger partial charge in [0.2, 0.25) is 0 Å². The second-order valence-corrected chi connectivity index (χ2v) is 18.6. The minimum atomic E-state index is -1.60. The Balaban J connectivity index is 1.34. The number of H-pyrrole nitrogens is 1. The summed E-state index contributed by atoms with van der Waals surface area (Å²) in [5, 5.41) is 14.8. The maximum Gasteiger partial charge on any atom is 0.322 e. The quantitative estimate of drug-likeness (QED) is 0.127. The van der Waals surface area contributed by atoms with E-state index in [-0.39, 0.29) is 24.5 Å². The summed E-state index contributed by atoms with van der Waals surface area (Å²) < 4.78 is 25.4. The van der Waals surface area contributed by atoms with Crippen molar-refractivity contribution in [3.8, 4) is 5.75 Å². The number of likely N-dealkylation sites (N-methyl/N-ethyl adjacent to an activating group) is 1. The summed E-state index contributed by atoms with van der Waals surface area (Å²) in [6.45, 7) is 12.7. The van der Waals surface area contributed by atoms with Gasteiger partial charge in [0.1, 0.15) is 22.9 Å². The molecular formula is C49H64N4O7. The second-order valence-electron chi connectivity index (χ2n) is 18.6. The largest absolute Gasteiger partial charge is 0.496 e. The van der Waals surface area contributed by atoms with Crippen molar-refractivity contribution in [3.63, 3.8) is 0 Å². The van der Waals surface area contributed by atoms with E-state index in [0.717, 1.165) is 104 Å². The molecule has 1 unspecified atom stereocenters. The number of nitrogens with zero attached hydrogens (tertiary/aromatic N) is 3. The molecule has 1 spiro atoms. The Morgan fingerprint density at radius 1 is 1.05 bits per heavy atom. The highest BCUT2D eigenvalue weighted by atomic mass is 16.6. The number of fused-ring (bicyclic) bond motifs is 6. The highest BCUT2D eigenvalue weighted by molar-refractivity contribution is 5.94. The molecule has 6 heterocycles. The lowest BCUT2D eigenvalue weighted by molar-refractivity contribution is -0.233. The first-order valence-electron chi connectivity index (χ1n) is 22.4. The number of carbonyl (C=O) groups is 2. The fourth-order valence-electron chi connectivity index (χ4n) is 13.5. The third-order valence-electron chi connectivity index (χ3n) is 15.6. The van der Waals surface area contributed by atoms with Crippen molar-refractivity contribution in [2.45, 2.75) is 107 Å². The number of esters is 2. The smallest absolute Gasteiger partial charge is 0.322 e. The molecule has 1 saturated carbocycles. The molecule has 6 aliphatic rings. The van der Waals surface area contributed by atoms with Gasteiger partial charge in [0.05, 0.1) is 26.9 Å². The number of aliphatic hydroxyl groups is 1. The molecule has 1 aromatic heterocycles. The zero-order valence-corrected chi connectivity index (χ0v) is 36.6. The van der Waals surface area contributed by atoms with Gasteiger partial charge in [0.15, 0.2) is 0 Å². The molecule has 0 amide bonds. The summed E-state index contributed by atoms with van der Waals surface area (Å²) in [5.41, 5.74) is 2.94. The van der Waals surface area contributed by atoms with Gasteiger partial charge in [-0.25, -0.2) is 0 Å². The third kappa shape index (κ3) is 5.74. The van der Waals surface area contributed by atoms with Crippen molar-refractivity contribution in [1.29, 1.82) is 0 Å². The normalized spacial score (nSPS) is 34.1. The van der Waals surface area contributed by atoms with Gasteiger partial charge in [-0.05, 0) is 74.2 Å². The van der Waals surface area contributed by atoms with Crippen LogP contribution in [0.5, 0.6) is 5.75 Å². The molecule has 3 aromatic rings. The van der Waals surface area contributed by atoms with E-state index in [9.17, 15) is 9.90 Å². The van der Waals surface area contributed by atoms with Crippen LogP contribution in [0.1, 0.15) is 88.6 Å². The predicted octanol–water partition coefficient (Wildman–Crippen LogP) is 6.44. The molecule has 1 aliphatic carbocycles. The van der Waals surface area contributed by atoms with E-state index in [1.54, 1.807) is 7.11 Å². The first-order chi connectivity index (χ1) is 29.0. The Labute approximate surface area is 355 Å². The van der Waals surface area contributed by atoms with Crippen molar-refractivity contribution in [2.24, 2.45) is 11.3 Å². The highest BCUT2D eigenvalue weighted by Gasteiger charge is 2.78. The van der Waals surface area contributed by atoms with Crippen LogP contribution >= 0.6 is 0 Å². The molecule has 2 fully saturated rings. The molecule has 60 heavy (non-hydrogen) atoms. The number of aromatic amines is 1. The molecule has 2 aromatic carbocycles. The number of aromatic nitrogens is 1. The zero-order chi connectivity index (χ0) is 42.2. The average molecular weight is 821 g/mol. The van der Waals surface area contributed by atoms with Gasteiger partial charge in [-0.1, -0.05) is 69.2 Å². The van der Waals surface area contributed by atoms with Gasteiger partial charge in [-0.15, -0.1) is 0 Å². The number of methoxy groups -OCH3 is 2. The lowest BCUT2D eigenvalue weighted by Crippen LogP contribution is -2.80. The summed E-state index contributed by atoms with van der Waals surface area (Å²) in [7, 11) is 5.25. The van der Waals surface area contributed by atoms with Gasteiger partial charge in [0.25, 0.3) is 0 Å². The van der Waals surface area contributed by atoms with E-state index in [4.69, 9.17) is 18.9 Å². The van der Waals surface area contributed by atoms with E-state index in [2.05, 4.69) is 96.1 Å². The van der Waals surface area contributed by atoms with Crippen molar-refractivity contribution in [1.82, 2.24) is 14.8 Å². The molecule has 322 valence electrons. The van der Waals surface area contributed by atoms with Crippen molar-refractivity contribution in [3.05, 3.63) is 82.6 Å². The average Bonchev–Trinajstić information content (AvgIpc) is 3.92. The summed E-state index contributed by atoms with van der Waals surface area (Å²) in [5.74, 6) is -0.0830. The van der Waals surface area contributed by atoms with E-state index in [1.165, 1.54) is 19.6 Å². The molecule has 2 N–H and O–H groups in total. The zero-order valence-electron chi connectivity index (χ0n) is 36.6. The van der Waals surface area contributed by atoms with Gasteiger partial charge < -0.3 is 33.9 Å². The Hall–Kier alpha value is -4.16. The SMILES string of the molecule is CCCCOC[C@@]1(O)[C@H](OC(C)=O)[C@]2(CC)C=CCN3CC[C@@]4(c5cc([C@@]6(C(=O)OC)C[C@@H]7C=C(CC)CN(CCc8c6[nH]c6ccccc86)C7)c(OC)cc5N(C)[C@@H]14)[C@@H]32. The van der Waals surface area contributed by atoms with E-state index in [1.807, 2.05) is 6.07 Å². The van der Waals surface area contributed by atoms with Crippen LogP contribution in [0.4, 0.5) is 5.69 Å². The molecule has 2 bridgehead atoms. The highest BCUT2D eigenvalue weighted by Crippen LogP contribution is 2.68. The number of para-hydroxylation sites is 1. The Morgan fingerprint density at radius 2 is 1.87 bits per heavy atom. The number of carbonyl (C=O) groups excluding carboxylic acids is 2. The summed E-state index contributed by atoms with van der Waals surface area (Å²) in [4.78, 5) is 39.7. The fraction of sp³-hybridized carbons (Fsp3) is 0.592. The van der Waals surface area contributed by atoms with E-state index >= 15 is 4.79 Å². The standard InChI is InChI=1S/C49H64N4O7/c1-8-11-23-59-30-49(56)43-47(19-22-53-20-14-18-46(10-3,42(47)53)44(49)60-31(4)54)36-25-37(40(57-6)26-39(36)51(43)5)48(45(55)58-7)27-33-24-32(9-2)28-52(29-33)21-17-35-34-15-12-13-16-38(34)50-41(35)48/h12-16,18,24-26,33,42-44,50,56H,8-11,17,19-23,27-30H2,1-7H3/t33-,42-,43+,44+,46+,47+,48-,49-/m0/s1. The number of unbranched alkanes of at least 4 members (excludes halogenated alkanes) is 1. The number of rotatable bonds is 11. The van der Waals surface area contributed by atoms with Crippen molar-refractivity contribution < 1.29 is 33.6 Å². The number of benzene rings is 2. The fourth-order valence-corrected chi connectivity index (χ4v) is 13.5. The van der Waals surface area contributed by atoms with Gasteiger partial charge in [0, 0.05) is 97.5 Å². The van der Waals surface area contributed by atoms with Crippen LogP contribution in [-0.4, -0.2) is 123 Å². The van der Waals surface area contributed by atoms with E-state index in [0.29, 0.717) is 25.2 Å². The minimum Gasteiger partial charge on any atom is -0.496 e. The molecule has 9 rings (SSSR count). The second kappa shape index (κ2) is 15.3. The van der Waals surface area contributed by atoms with Crippen LogP contribution in [-0.2, 0) is 41.1 Å². The van der Waals surface area contributed by atoms with E-state index < -0.39 is 40.0 Å². The first kappa shape index (κ1) is 41.2. The van der Waals surface area contributed by atoms with Crippen LogP contribution in [0.25, 0.3) is 10.9 Å². The molecule has 5 aliphatic heterocycles.